The molecule has 4 rings (SSSR count). The number of nitrogens with one attached hydrogen (secondary N) is 2. The van der Waals surface area contributed by atoms with Crippen LogP contribution in [0.1, 0.15) is 43.3 Å². The molecule has 186 valence electrons. The first-order chi connectivity index (χ1) is 16.1. The molecule has 7 atom stereocenters. The first-order valence-electron chi connectivity index (χ1n) is 11.0. The van der Waals surface area contributed by atoms with E-state index in [1.54, 1.807) is 6.92 Å². The summed E-state index contributed by atoms with van der Waals surface area (Å²) in [6, 6.07) is 0. The summed E-state index contributed by atoms with van der Waals surface area (Å²) in [6.07, 6.45) is -3.09. The average Bonchev–Trinajstić information content (AvgIpc) is 3.30. The second-order valence-corrected chi connectivity index (χ2v) is 8.65. The van der Waals surface area contributed by atoms with Gasteiger partial charge in [-0.1, -0.05) is 6.92 Å². The van der Waals surface area contributed by atoms with Gasteiger partial charge in [0.15, 0.2) is 6.23 Å². The number of aromatic amines is 2. The van der Waals surface area contributed by atoms with Crippen LogP contribution < -0.4 is 22.5 Å². The van der Waals surface area contributed by atoms with E-state index in [0.717, 1.165) is 4.57 Å². The van der Waals surface area contributed by atoms with Crippen molar-refractivity contribution in [2.24, 2.45) is 0 Å². The Morgan fingerprint density at radius 3 is 2.18 bits per heavy atom. The van der Waals surface area contributed by atoms with Crippen LogP contribution in [0.25, 0.3) is 0 Å². The number of rotatable bonds is 6. The van der Waals surface area contributed by atoms with E-state index >= 15 is 0 Å². The molecule has 7 unspecified atom stereocenters. The Bertz CT molecular complexity index is 1280. The number of aliphatic hydroxyl groups excluding tert-OH is 2. The zero-order valence-corrected chi connectivity index (χ0v) is 19.0. The molecule has 0 bridgehead atoms. The van der Waals surface area contributed by atoms with Crippen LogP contribution in [0.2, 0.25) is 0 Å². The number of hydrogen-bond donors (Lipinski definition) is 4. The molecule has 2 saturated heterocycles. The summed E-state index contributed by atoms with van der Waals surface area (Å²) in [4.78, 5) is 52.3. The third kappa shape index (κ3) is 4.44. The summed E-state index contributed by atoms with van der Waals surface area (Å²) in [5.41, 5.74) is -1.78. The highest BCUT2D eigenvalue weighted by atomic mass is 16.6. The lowest BCUT2D eigenvalue weighted by atomic mass is 10.1. The third-order valence-corrected chi connectivity index (χ3v) is 6.25. The first kappa shape index (κ1) is 24.3. The number of ether oxygens (including phenoxy) is 3. The van der Waals surface area contributed by atoms with Gasteiger partial charge in [0.2, 0.25) is 0 Å². The Labute approximate surface area is 192 Å². The highest BCUT2D eigenvalue weighted by molar-refractivity contribution is 5.04. The van der Waals surface area contributed by atoms with Crippen LogP contribution in [0, 0.1) is 13.8 Å². The summed E-state index contributed by atoms with van der Waals surface area (Å²) in [5.74, 6) is 0. The van der Waals surface area contributed by atoms with E-state index in [-0.39, 0.29) is 18.6 Å². The molecule has 0 aromatic carbocycles. The average molecular weight is 480 g/mol. The van der Waals surface area contributed by atoms with Crippen molar-refractivity contribution < 1.29 is 24.4 Å². The number of nitrogens with zero attached hydrogens (tertiary/aromatic N) is 2. The summed E-state index contributed by atoms with van der Waals surface area (Å²) in [6.45, 7) is 4.74. The van der Waals surface area contributed by atoms with E-state index in [9.17, 15) is 29.4 Å². The Morgan fingerprint density at radius 2 is 1.56 bits per heavy atom. The molecule has 0 amide bonds. The predicted molar refractivity (Wildman–Crippen MR) is 117 cm³/mol. The van der Waals surface area contributed by atoms with Crippen molar-refractivity contribution in [1.82, 2.24) is 19.1 Å². The van der Waals surface area contributed by atoms with E-state index in [0.29, 0.717) is 12.0 Å². The highest BCUT2D eigenvalue weighted by Crippen LogP contribution is 2.34. The molecule has 2 aromatic heterocycles. The number of aliphatic hydroxyl groups is 2. The Hall–Kier alpha value is -2.84. The molecule has 2 aromatic rings. The lowest BCUT2D eigenvalue weighted by Crippen LogP contribution is -2.41. The topological polar surface area (TPSA) is 178 Å². The van der Waals surface area contributed by atoms with Gasteiger partial charge in [-0.25, -0.2) is 9.59 Å². The number of H-pyrrole nitrogens is 2. The van der Waals surface area contributed by atoms with Gasteiger partial charge in [-0.3, -0.25) is 28.7 Å². The van der Waals surface area contributed by atoms with Gasteiger partial charge in [-0.05, 0) is 20.3 Å². The standard InChI is InChI=1S/C21H28N4O9/c1-4-12-15(27)16(19(34-12)25-7-10(3)18(29)23-21(25)31)32-8-13-11(26)5-14(33-13)24-6-9(2)17(28)22-20(24)30/h6-7,11-16,19,26-27H,4-5,8H2,1-3H3,(H,22,28,30)(H,23,29,31). The van der Waals surface area contributed by atoms with Crippen LogP contribution in [0.3, 0.4) is 0 Å². The minimum absolute atomic E-state index is 0.0860. The minimum Gasteiger partial charge on any atom is -0.390 e. The maximum atomic E-state index is 12.4. The van der Waals surface area contributed by atoms with Crippen molar-refractivity contribution in [3.63, 3.8) is 0 Å². The van der Waals surface area contributed by atoms with Gasteiger partial charge in [-0.2, -0.15) is 0 Å². The Balaban J connectivity index is 1.52. The maximum Gasteiger partial charge on any atom is 0.330 e. The van der Waals surface area contributed by atoms with Crippen LogP contribution in [0.5, 0.6) is 0 Å². The predicted octanol–water partition coefficient (Wildman–Crippen LogP) is -1.59. The van der Waals surface area contributed by atoms with Gasteiger partial charge >= 0.3 is 11.4 Å². The molecule has 0 radical (unpaired) electrons. The van der Waals surface area contributed by atoms with E-state index in [2.05, 4.69) is 9.97 Å². The molecular weight excluding hydrogens is 452 g/mol. The van der Waals surface area contributed by atoms with Gasteiger partial charge in [0.05, 0.1) is 18.8 Å². The SMILES string of the molecule is CCC1OC(n2cc(C)c(=O)[nH]c2=O)C(OCC2OC(n3cc(C)c(=O)[nH]c3=O)CC2O)C1O. The van der Waals surface area contributed by atoms with E-state index in [1.165, 1.54) is 23.9 Å². The quantitative estimate of drug-likeness (QED) is 0.379. The largest absolute Gasteiger partial charge is 0.390 e. The van der Waals surface area contributed by atoms with Crippen molar-refractivity contribution in [3.8, 4) is 0 Å². The maximum absolute atomic E-state index is 12.4. The van der Waals surface area contributed by atoms with Gasteiger partial charge < -0.3 is 24.4 Å². The molecule has 13 nitrogen and oxygen atoms in total. The zero-order chi connectivity index (χ0) is 24.7. The van der Waals surface area contributed by atoms with Gasteiger partial charge in [-0.15, -0.1) is 0 Å². The van der Waals surface area contributed by atoms with Crippen molar-refractivity contribution in [3.05, 3.63) is 65.2 Å². The first-order valence-corrected chi connectivity index (χ1v) is 11.0. The molecule has 4 heterocycles. The smallest absolute Gasteiger partial charge is 0.330 e. The third-order valence-electron chi connectivity index (χ3n) is 6.25. The van der Waals surface area contributed by atoms with Gasteiger partial charge in [0.25, 0.3) is 11.1 Å². The van der Waals surface area contributed by atoms with Crippen LogP contribution in [-0.2, 0) is 14.2 Å². The summed E-state index contributed by atoms with van der Waals surface area (Å²) in [5, 5.41) is 21.2. The molecule has 0 saturated carbocycles. The van der Waals surface area contributed by atoms with E-state index < -0.39 is 65.5 Å². The summed E-state index contributed by atoms with van der Waals surface area (Å²) in [7, 11) is 0. The Kier molecular flexibility index (Phi) is 6.73. The normalized spacial score (nSPS) is 31.3. The fourth-order valence-electron chi connectivity index (χ4n) is 4.28. The van der Waals surface area contributed by atoms with Crippen LogP contribution in [-0.4, -0.2) is 66.4 Å². The second-order valence-electron chi connectivity index (χ2n) is 8.65. The van der Waals surface area contributed by atoms with Crippen molar-refractivity contribution in [2.45, 2.75) is 76.6 Å². The van der Waals surface area contributed by atoms with Crippen molar-refractivity contribution in [1.29, 1.82) is 0 Å². The summed E-state index contributed by atoms with van der Waals surface area (Å²) >= 11 is 0. The van der Waals surface area contributed by atoms with Crippen LogP contribution in [0.4, 0.5) is 0 Å². The highest BCUT2D eigenvalue weighted by Gasteiger charge is 2.46. The zero-order valence-electron chi connectivity index (χ0n) is 19.0. The number of aromatic nitrogens is 4. The fourth-order valence-corrected chi connectivity index (χ4v) is 4.28. The number of hydrogen-bond acceptors (Lipinski definition) is 9. The molecule has 2 aliphatic rings. The molecule has 2 fully saturated rings. The van der Waals surface area contributed by atoms with Crippen LogP contribution in [0.15, 0.2) is 31.6 Å². The molecule has 4 N–H and O–H groups in total. The van der Waals surface area contributed by atoms with Crippen molar-refractivity contribution >= 4 is 0 Å². The molecular formula is C21H28N4O9. The van der Waals surface area contributed by atoms with Gasteiger partial charge in [0, 0.05) is 29.9 Å². The van der Waals surface area contributed by atoms with E-state index in [4.69, 9.17) is 14.2 Å². The summed E-state index contributed by atoms with van der Waals surface area (Å²) < 4.78 is 19.9. The second kappa shape index (κ2) is 9.43. The van der Waals surface area contributed by atoms with E-state index in [1.807, 2.05) is 6.92 Å². The van der Waals surface area contributed by atoms with Gasteiger partial charge in [0.1, 0.15) is 24.5 Å². The fraction of sp³-hybridized carbons (Fsp3) is 0.619. The van der Waals surface area contributed by atoms with Crippen LogP contribution >= 0.6 is 0 Å². The minimum atomic E-state index is -1.08. The van der Waals surface area contributed by atoms with Crippen molar-refractivity contribution in [2.75, 3.05) is 6.61 Å². The molecule has 13 heteroatoms. The monoisotopic (exact) mass is 480 g/mol. The lowest BCUT2D eigenvalue weighted by Gasteiger charge is -2.25. The number of aryl methyl sites for hydroxylation is 2. The molecule has 0 spiro atoms. The molecule has 0 aliphatic carbocycles. The lowest BCUT2D eigenvalue weighted by molar-refractivity contribution is -0.118. The molecule has 34 heavy (non-hydrogen) atoms. The molecule has 2 aliphatic heterocycles. The Morgan fingerprint density at radius 1 is 0.971 bits per heavy atom.